The van der Waals surface area contributed by atoms with Crippen molar-refractivity contribution in [3.63, 3.8) is 0 Å². The second-order valence-corrected chi connectivity index (χ2v) is 17.3. The summed E-state index contributed by atoms with van der Waals surface area (Å²) in [4.78, 5) is 0. The Kier molecular flexibility index (Phi) is 6.89. The summed E-state index contributed by atoms with van der Waals surface area (Å²) in [5.74, 6) is 0. The minimum absolute atomic E-state index is 0.880. The van der Waals surface area contributed by atoms with Gasteiger partial charge in [-0.15, -0.1) is 0 Å². The van der Waals surface area contributed by atoms with Gasteiger partial charge in [0.1, 0.15) is 22.3 Å². The predicted molar refractivity (Wildman–Crippen MR) is 269 cm³/mol. The minimum Gasteiger partial charge on any atom is -0.456 e. The second kappa shape index (κ2) is 12.9. The van der Waals surface area contributed by atoms with Gasteiger partial charge >= 0.3 is 0 Å². The van der Waals surface area contributed by atoms with Crippen LogP contribution in [0.1, 0.15) is 0 Å². The molecule has 5 heteroatoms. The first-order valence-electron chi connectivity index (χ1n) is 22.2. The van der Waals surface area contributed by atoms with Crippen molar-refractivity contribution in [3.05, 3.63) is 212 Å². The van der Waals surface area contributed by atoms with Gasteiger partial charge < -0.3 is 22.5 Å². The molecule has 15 rings (SSSR count). The van der Waals surface area contributed by atoms with Crippen LogP contribution in [0.25, 0.3) is 137 Å². The quantitative estimate of drug-likeness (QED) is 0.177. The lowest BCUT2D eigenvalue weighted by atomic mass is 10.0. The van der Waals surface area contributed by atoms with Gasteiger partial charge in [0.25, 0.3) is 0 Å². The van der Waals surface area contributed by atoms with Crippen molar-refractivity contribution in [2.45, 2.75) is 0 Å². The fraction of sp³-hybridized carbons (Fsp3) is 0. The first-order valence-corrected chi connectivity index (χ1v) is 22.2. The molecule has 0 fully saturated rings. The first-order chi connectivity index (χ1) is 32.2. The van der Waals surface area contributed by atoms with Gasteiger partial charge in [-0.05, 0) is 114 Å². The highest BCUT2D eigenvalue weighted by atomic mass is 16.3. The molecule has 5 aromatic heterocycles. The Bertz CT molecular complexity index is 4430. The molecule has 5 nitrogen and oxygen atoms in total. The maximum absolute atomic E-state index is 6.35. The Morgan fingerprint density at radius 2 is 0.615 bits per heavy atom. The lowest BCUT2D eigenvalue weighted by molar-refractivity contribution is 0.668. The number of benzene rings is 10. The first kappa shape index (κ1) is 34.7. The van der Waals surface area contributed by atoms with Crippen LogP contribution in [0.3, 0.4) is 0 Å². The van der Waals surface area contributed by atoms with Crippen molar-refractivity contribution < 1.29 is 8.83 Å². The molecule has 10 aromatic carbocycles. The van der Waals surface area contributed by atoms with E-state index in [1.807, 2.05) is 18.2 Å². The Labute approximate surface area is 370 Å². The minimum atomic E-state index is 0.880. The average molecular weight is 830 g/mol. The summed E-state index contributed by atoms with van der Waals surface area (Å²) < 4.78 is 20.0. The zero-order valence-corrected chi connectivity index (χ0v) is 34.9. The fourth-order valence-electron chi connectivity index (χ4n) is 11.0. The zero-order valence-electron chi connectivity index (χ0n) is 34.9. The van der Waals surface area contributed by atoms with Crippen LogP contribution in [0.2, 0.25) is 0 Å². The third-order valence-corrected chi connectivity index (χ3v) is 13.8. The Morgan fingerprint density at radius 3 is 1.18 bits per heavy atom. The van der Waals surface area contributed by atoms with Gasteiger partial charge in [0.2, 0.25) is 0 Å². The molecule has 0 aliphatic carbocycles. The third-order valence-electron chi connectivity index (χ3n) is 13.8. The molecule has 0 saturated heterocycles. The summed E-state index contributed by atoms with van der Waals surface area (Å²) >= 11 is 0. The number of fused-ring (bicyclic) bond motifs is 16. The number of hydrogen-bond donors (Lipinski definition) is 0. The largest absolute Gasteiger partial charge is 0.456 e. The Morgan fingerprint density at radius 1 is 0.231 bits per heavy atom. The van der Waals surface area contributed by atoms with Crippen molar-refractivity contribution in [2.24, 2.45) is 0 Å². The van der Waals surface area contributed by atoms with E-state index in [1.54, 1.807) is 0 Å². The van der Waals surface area contributed by atoms with E-state index in [-0.39, 0.29) is 0 Å². The van der Waals surface area contributed by atoms with Crippen molar-refractivity contribution in [1.29, 1.82) is 0 Å². The van der Waals surface area contributed by atoms with Gasteiger partial charge in [-0.1, -0.05) is 109 Å². The molecule has 0 amide bonds. The van der Waals surface area contributed by atoms with Crippen molar-refractivity contribution in [2.75, 3.05) is 0 Å². The van der Waals surface area contributed by atoms with Gasteiger partial charge in [-0.25, -0.2) is 0 Å². The van der Waals surface area contributed by atoms with Crippen LogP contribution in [-0.2, 0) is 0 Å². The molecule has 0 saturated carbocycles. The molecule has 65 heavy (non-hydrogen) atoms. The molecule has 0 N–H and O–H groups in total. The Hall–Kier alpha value is -8.80. The van der Waals surface area contributed by atoms with Crippen LogP contribution in [0.15, 0.2) is 221 Å². The maximum atomic E-state index is 6.35. The zero-order chi connectivity index (χ0) is 42.3. The van der Waals surface area contributed by atoms with Crippen molar-refractivity contribution >= 4 is 109 Å². The normalized spacial score (nSPS) is 12.3. The molecule has 302 valence electrons. The number of hydrogen-bond acceptors (Lipinski definition) is 2. The average Bonchev–Trinajstić information content (AvgIpc) is 4.17. The molecule has 0 spiro atoms. The number of furan rings is 2. The molecule has 5 heterocycles. The molecular weight excluding hydrogens is 795 g/mol. The molecular formula is C60H35N3O2. The second-order valence-electron chi connectivity index (χ2n) is 17.3. The van der Waals surface area contributed by atoms with Gasteiger partial charge in [0.05, 0.1) is 33.1 Å². The van der Waals surface area contributed by atoms with Crippen LogP contribution >= 0.6 is 0 Å². The standard InChI is InChI=1S/C60H35N3O2/c1-2-12-36(13-3-1)37-22-26-51-47(32-37)59-53(62(51)39-24-30-57-45(33-39)43-16-6-10-20-55(43)64-57)28-29-54-60(59)48-35-38(61-49-18-8-4-14-41(49)42-15-5-9-19-50(42)61)23-27-52(48)63(54)40-25-31-58-46(34-40)44-17-7-11-21-56(44)65-58/h1-35H. The summed E-state index contributed by atoms with van der Waals surface area (Å²) in [6.45, 7) is 0. The van der Waals surface area contributed by atoms with Crippen molar-refractivity contribution in [3.8, 4) is 28.2 Å². The van der Waals surface area contributed by atoms with Gasteiger partial charge in [0.15, 0.2) is 0 Å². The van der Waals surface area contributed by atoms with Crippen LogP contribution in [0.4, 0.5) is 0 Å². The number of nitrogens with zero attached hydrogens (tertiary/aromatic N) is 3. The van der Waals surface area contributed by atoms with Gasteiger partial charge in [-0.3, -0.25) is 0 Å². The number of aromatic nitrogens is 3. The van der Waals surface area contributed by atoms with E-state index >= 15 is 0 Å². The summed E-state index contributed by atoms with van der Waals surface area (Å²) in [5.41, 5.74) is 16.1. The van der Waals surface area contributed by atoms with Crippen molar-refractivity contribution in [1.82, 2.24) is 13.7 Å². The lowest BCUT2D eigenvalue weighted by Gasteiger charge is -2.10. The topological polar surface area (TPSA) is 41.1 Å². The van der Waals surface area contributed by atoms with Crippen LogP contribution < -0.4 is 0 Å². The summed E-state index contributed by atoms with van der Waals surface area (Å²) in [6.07, 6.45) is 0. The summed E-state index contributed by atoms with van der Waals surface area (Å²) in [6, 6.07) is 76.8. The highest BCUT2D eigenvalue weighted by molar-refractivity contribution is 6.29. The third kappa shape index (κ3) is 4.81. The number of para-hydroxylation sites is 4. The van der Waals surface area contributed by atoms with E-state index in [0.717, 1.165) is 83.0 Å². The summed E-state index contributed by atoms with van der Waals surface area (Å²) in [7, 11) is 0. The SMILES string of the molecule is c1ccc(-c2ccc3c(c2)c2c4c5cc(-n6c7ccccc7c7ccccc76)ccc5n(-c5ccc6oc7ccccc7c6c5)c4ccc2n3-c2ccc3oc4ccccc4c3c2)cc1. The van der Waals surface area contributed by atoms with E-state index in [0.29, 0.717) is 0 Å². The molecule has 15 aromatic rings. The van der Waals surface area contributed by atoms with Crippen LogP contribution in [-0.4, -0.2) is 13.7 Å². The smallest absolute Gasteiger partial charge is 0.135 e. The highest BCUT2D eigenvalue weighted by Crippen LogP contribution is 2.46. The van der Waals surface area contributed by atoms with E-state index in [1.165, 1.54) is 54.5 Å². The fourth-order valence-corrected chi connectivity index (χ4v) is 11.0. The molecule has 0 radical (unpaired) electrons. The van der Waals surface area contributed by atoms with E-state index in [4.69, 9.17) is 8.83 Å². The summed E-state index contributed by atoms with van der Waals surface area (Å²) in [5, 5.41) is 11.7. The molecule has 0 aliphatic rings. The molecule has 0 unspecified atom stereocenters. The highest BCUT2D eigenvalue weighted by Gasteiger charge is 2.24. The number of rotatable bonds is 4. The van der Waals surface area contributed by atoms with Gasteiger partial charge in [0, 0.05) is 70.9 Å². The molecule has 0 atom stereocenters. The van der Waals surface area contributed by atoms with E-state index in [2.05, 4.69) is 208 Å². The van der Waals surface area contributed by atoms with E-state index in [9.17, 15) is 0 Å². The van der Waals surface area contributed by atoms with Crippen LogP contribution in [0, 0.1) is 0 Å². The lowest BCUT2D eigenvalue weighted by Crippen LogP contribution is -1.96. The maximum Gasteiger partial charge on any atom is 0.135 e. The van der Waals surface area contributed by atoms with Crippen LogP contribution in [0.5, 0.6) is 0 Å². The Balaban J connectivity index is 1.10. The molecule has 0 aliphatic heterocycles. The van der Waals surface area contributed by atoms with E-state index < -0.39 is 0 Å². The molecule has 0 bridgehead atoms. The monoisotopic (exact) mass is 829 g/mol. The predicted octanol–water partition coefficient (Wildman–Crippen LogP) is 16.4. The van der Waals surface area contributed by atoms with Gasteiger partial charge in [-0.2, -0.15) is 0 Å².